The van der Waals surface area contributed by atoms with Crippen LogP contribution in [0.1, 0.15) is 54.8 Å². The summed E-state index contributed by atoms with van der Waals surface area (Å²) in [6.45, 7) is -3.02. The average Bonchev–Trinajstić information content (AvgIpc) is 2.94. The van der Waals surface area contributed by atoms with Gasteiger partial charge in [0.15, 0.2) is 5.69 Å². The lowest BCUT2D eigenvalue weighted by Crippen LogP contribution is -2.29. The lowest BCUT2D eigenvalue weighted by Gasteiger charge is -2.30. The fourth-order valence-corrected chi connectivity index (χ4v) is 3.60. The molecule has 25 heavy (non-hydrogen) atoms. The number of rotatable bonds is 3. The van der Waals surface area contributed by atoms with Gasteiger partial charge in [-0.25, -0.2) is 8.78 Å². The van der Waals surface area contributed by atoms with Gasteiger partial charge in [0.25, 0.3) is 5.92 Å². The second-order valence-corrected chi connectivity index (χ2v) is 6.33. The molecule has 142 valence electrons. The van der Waals surface area contributed by atoms with Crippen LogP contribution in [0.2, 0.25) is 0 Å². The summed E-state index contributed by atoms with van der Waals surface area (Å²) in [7, 11) is 0. The van der Waals surface area contributed by atoms with Crippen LogP contribution in [0.25, 0.3) is 0 Å². The van der Waals surface area contributed by atoms with Gasteiger partial charge in [-0.1, -0.05) is 0 Å². The van der Waals surface area contributed by atoms with E-state index in [1.54, 1.807) is 0 Å². The lowest BCUT2D eigenvalue weighted by atomic mass is 9.92. The molecule has 1 fully saturated rings. The Morgan fingerprint density at radius 3 is 2.52 bits per heavy atom. The molecule has 0 radical (unpaired) electrons. The number of aliphatic hydroxyl groups is 1. The first kappa shape index (κ1) is 18.4. The summed E-state index contributed by atoms with van der Waals surface area (Å²) in [5, 5.41) is 13.0. The van der Waals surface area contributed by atoms with Crippen molar-refractivity contribution in [2.24, 2.45) is 0 Å². The molecule has 11 heteroatoms. The summed E-state index contributed by atoms with van der Waals surface area (Å²) in [6.07, 6.45) is -8.64. The molecule has 0 amide bonds. The third kappa shape index (κ3) is 3.35. The minimum Gasteiger partial charge on any atom is -0.382 e. The van der Waals surface area contributed by atoms with Crippen molar-refractivity contribution >= 4 is 0 Å². The second kappa shape index (κ2) is 6.11. The molecular weight excluding hydrogens is 361 g/mol. The Morgan fingerprint density at radius 1 is 1.24 bits per heavy atom. The Labute approximate surface area is 137 Å². The maximum Gasteiger partial charge on any atom is 0.435 e. The molecule has 1 heterocycles. The Balaban J connectivity index is 1.97. The fourth-order valence-electron chi connectivity index (χ4n) is 3.60. The smallest absolute Gasteiger partial charge is 0.382 e. The van der Waals surface area contributed by atoms with E-state index in [1.807, 2.05) is 0 Å². The summed E-state index contributed by atoms with van der Waals surface area (Å²) in [5.41, 5.74) is -2.87. The van der Waals surface area contributed by atoms with E-state index in [-0.39, 0.29) is 6.42 Å². The highest BCUT2D eigenvalue weighted by Gasteiger charge is 2.55. The molecule has 0 aromatic carbocycles. The predicted octanol–water partition coefficient (Wildman–Crippen LogP) is 3.85. The van der Waals surface area contributed by atoms with Crippen molar-refractivity contribution in [1.82, 2.24) is 9.78 Å². The first-order valence-corrected chi connectivity index (χ1v) is 7.68. The molecule has 0 aliphatic heterocycles. The molecule has 3 atom stereocenters. The Hall–Kier alpha value is -1.36. The van der Waals surface area contributed by atoms with Gasteiger partial charge >= 0.3 is 12.8 Å². The highest BCUT2D eigenvalue weighted by molar-refractivity contribution is 5.38. The molecule has 1 saturated carbocycles. The van der Waals surface area contributed by atoms with Crippen LogP contribution >= 0.6 is 0 Å². The minimum atomic E-state index is -5.01. The quantitative estimate of drug-likeness (QED) is 0.816. The Morgan fingerprint density at radius 2 is 1.92 bits per heavy atom. The van der Waals surface area contributed by atoms with Crippen molar-refractivity contribution in [2.75, 3.05) is 0 Å². The van der Waals surface area contributed by atoms with Crippen LogP contribution in [0, 0.1) is 0 Å². The van der Waals surface area contributed by atoms with E-state index < -0.39 is 60.3 Å². The number of aromatic nitrogens is 2. The van der Waals surface area contributed by atoms with Crippen LogP contribution in [0.3, 0.4) is 0 Å². The molecule has 0 saturated heterocycles. The Kier molecular flexibility index (Phi) is 4.51. The van der Waals surface area contributed by atoms with E-state index in [0.29, 0.717) is 19.3 Å². The van der Waals surface area contributed by atoms with Gasteiger partial charge in [0, 0.05) is 5.56 Å². The predicted molar refractivity (Wildman–Crippen MR) is 69.2 cm³/mol. The number of aliphatic hydroxyl groups excluding tert-OH is 1. The fraction of sp³-hybridized carbons (Fsp3) is 0.786. The van der Waals surface area contributed by atoms with Crippen molar-refractivity contribution in [3.8, 4) is 0 Å². The first-order valence-electron chi connectivity index (χ1n) is 7.68. The van der Waals surface area contributed by atoms with E-state index in [9.17, 15) is 35.8 Å². The van der Waals surface area contributed by atoms with Gasteiger partial charge in [-0.15, -0.1) is 0 Å². The third-order valence-corrected chi connectivity index (χ3v) is 4.64. The topological polar surface area (TPSA) is 47.3 Å². The molecule has 3 rings (SSSR count). The number of nitrogens with zero attached hydrogens (tertiary/aromatic N) is 2. The van der Waals surface area contributed by atoms with E-state index in [0.717, 1.165) is 4.68 Å². The van der Waals surface area contributed by atoms with Crippen LogP contribution in [0.4, 0.5) is 30.7 Å². The number of halogens is 7. The molecule has 1 aromatic rings. The van der Waals surface area contributed by atoms with Gasteiger partial charge < -0.3 is 9.84 Å². The molecule has 0 unspecified atom stereocenters. The minimum absolute atomic E-state index is 0.0581. The summed E-state index contributed by atoms with van der Waals surface area (Å²) in [4.78, 5) is 0. The van der Waals surface area contributed by atoms with Crippen molar-refractivity contribution in [3.63, 3.8) is 0 Å². The number of fused-ring (bicyclic) bond motifs is 1. The van der Waals surface area contributed by atoms with E-state index >= 15 is 0 Å². The van der Waals surface area contributed by atoms with Gasteiger partial charge in [-0.05, 0) is 25.7 Å². The van der Waals surface area contributed by atoms with Gasteiger partial charge in [0.2, 0.25) is 0 Å². The lowest BCUT2D eigenvalue weighted by molar-refractivity contribution is -0.172. The second-order valence-electron chi connectivity index (χ2n) is 6.33. The monoisotopic (exact) mass is 376 g/mol. The normalized spacial score (nSPS) is 29.2. The van der Waals surface area contributed by atoms with Crippen molar-refractivity contribution < 1.29 is 40.6 Å². The highest BCUT2D eigenvalue weighted by atomic mass is 19.4. The van der Waals surface area contributed by atoms with Crippen molar-refractivity contribution in [3.05, 3.63) is 17.0 Å². The van der Waals surface area contributed by atoms with E-state index in [1.165, 1.54) is 0 Å². The molecular formula is C14H15F7N2O2. The molecule has 2 aliphatic carbocycles. The summed E-state index contributed by atoms with van der Waals surface area (Å²) >= 11 is 0. The van der Waals surface area contributed by atoms with Gasteiger partial charge in [0.05, 0.1) is 24.3 Å². The van der Waals surface area contributed by atoms with Crippen LogP contribution in [0.15, 0.2) is 0 Å². The van der Waals surface area contributed by atoms with E-state index in [4.69, 9.17) is 0 Å². The van der Waals surface area contributed by atoms with Gasteiger partial charge in [-0.3, -0.25) is 4.68 Å². The van der Waals surface area contributed by atoms with Gasteiger partial charge in [0.1, 0.15) is 6.10 Å². The van der Waals surface area contributed by atoms with Crippen LogP contribution in [-0.2, 0) is 17.3 Å². The number of hydrogen-bond acceptors (Lipinski definition) is 3. The third-order valence-electron chi connectivity index (χ3n) is 4.64. The Bertz CT molecular complexity index is 644. The standard InChI is InChI=1S/C14H15F7N2O2/c15-12(16)25-7-3-1-2-6(4-7)23-8-5-13(17,18)11(24)9(8)10(22-23)14(19,20)21/h6-7,11-12,24H,1-5H2/t6-,7-,11-/m0/s1. The van der Waals surface area contributed by atoms with Crippen LogP contribution < -0.4 is 0 Å². The largest absolute Gasteiger partial charge is 0.435 e. The maximum atomic E-state index is 13.7. The van der Waals surface area contributed by atoms with Crippen molar-refractivity contribution in [1.29, 1.82) is 0 Å². The number of hydrogen-bond donors (Lipinski definition) is 1. The first-order chi connectivity index (χ1) is 11.5. The SMILES string of the molecule is O[C@H]1c2c(C(F)(F)F)nn([C@H]3CCC[C@H](OC(F)F)C3)c2CC1(F)F. The number of ether oxygens (including phenoxy) is 1. The van der Waals surface area contributed by atoms with E-state index in [2.05, 4.69) is 9.84 Å². The van der Waals surface area contributed by atoms with Gasteiger partial charge in [-0.2, -0.15) is 27.1 Å². The number of alkyl halides is 7. The zero-order chi connectivity index (χ0) is 18.6. The molecule has 0 spiro atoms. The van der Waals surface area contributed by atoms with Crippen molar-refractivity contribution in [2.45, 2.75) is 69.1 Å². The zero-order valence-corrected chi connectivity index (χ0v) is 12.7. The highest BCUT2D eigenvalue weighted by Crippen LogP contribution is 2.49. The van der Waals surface area contributed by atoms with Crippen LogP contribution in [0.5, 0.6) is 0 Å². The molecule has 2 aliphatic rings. The summed E-state index contributed by atoms with van der Waals surface area (Å²) in [5.74, 6) is -3.73. The molecule has 4 nitrogen and oxygen atoms in total. The van der Waals surface area contributed by atoms with Crippen LogP contribution in [-0.4, -0.2) is 33.5 Å². The summed E-state index contributed by atoms with van der Waals surface area (Å²) in [6, 6.07) is -0.775. The maximum absolute atomic E-state index is 13.7. The zero-order valence-electron chi connectivity index (χ0n) is 12.7. The molecule has 1 N–H and O–H groups in total. The molecule has 0 bridgehead atoms. The summed E-state index contributed by atoms with van der Waals surface area (Å²) < 4.78 is 96.9. The molecule has 1 aromatic heterocycles. The average molecular weight is 376 g/mol.